The third-order valence-electron chi connectivity index (χ3n) is 2.70. The molecular formula is C11H15N3O6S. The highest BCUT2D eigenvalue weighted by molar-refractivity contribution is 7.90. The van der Waals surface area contributed by atoms with E-state index in [4.69, 9.17) is 5.11 Å². The van der Waals surface area contributed by atoms with Crippen LogP contribution < -0.4 is 4.72 Å². The van der Waals surface area contributed by atoms with Crippen LogP contribution in [0.15, 0.2) is 18.2 Å². The van der Waals surface area contributed by atoms with Crippen LogP contribution in [0.25, 0.3) is 0 Å². The maximum atomic E-state index is 11.9. The van der Waals surface area contributed by atoms with Crippen LogP contribution in [0.4, 0.5) is 11.4 Å². The van der Waals surface area contributed by atoms with Crippen LogP contribution in [0.5, 0.6) is 0 Å². The highest BCUT2D eigenvalue weighted by Crippen LogP contribution is 2.23. The fourth-order valence-electron chi connectivity index (χ4n) is 1.47. The Kier molecular flexibility index (Phi) is 5.22. The third-order valence-corrected chi connectivity index (χ3v) is 4.20. The fourth-order valence-corrected chi connectivity index (χ4v) is 2.38. The van der Waals surface area contributed by atoms with Crippen LogP contribution in [0.1, 0.15) is 12.0 Å². The number of aryl methyl sites for hydroxylation is 1. The van der Waals surface area contributed by atoms with E-state index in [2.05, 4.69) is 4.72 Å². The average Bonchev–Trinajstić information content (AvgIpc) is 2.37. The maximum absolute atomic E-state index is 11.9. The molecule has 1 rings (SSSR count). The van der Waals surface area contributed by atoms with Crippen LogP contribution in [-0.4, -0.2) is 42.3 Å². The van der Waals surface area contributed by atoms with Gasteiger partial charge in [0, 0.05) is 25.2 Å². The van der Waals surface area contributed by atoms with E-state index in [1.54, 1.807) is 0 Å². The lowest BCUT2D eigenvalue weighted by molar-refractivity contribution is -0.385. The zero-order valence-electron chi connectivity index (χ0n) is 11.4. The second-order valence-corrected chi connectivity index (χ2v) is 6.11. The summed E-state index contributed by atoms with van der Waals surface area (Å²) >= 11 is 0. The maximum Gasteiger partial charge on any atom is 0.304 e. The Bertz CT molecular complexity index is 658. The van der Waals surface area contributed by atoms with Gasteiger partial charge in [-0.25, -0.2) is 0 Å². The molecule has 2 N–H and O–H groups in total. The molecule has 0 fully saturated rings. The van der Waals surface area contributed by atoms with Crippen molar-refractivity contribution in [3.63, 3.8) is 0 Å². The van der Waals surface area contributed by atoms with E-state index in [9.17, 15) is 23.3 Å². The first-order chi connectivity index (χ1) is 9.63. The Morgan fingerprint density at radius 1 is 1.48 bits per heavy atom. The molecule has 0 aromatic heterocycles. The summed E-state index contributed by atoms with van der Waals surface area (Å²) in [4.78, 5) is 20.6. The first-order valence-electron chi connectivity index (χ1n) is 5.84. The summed E-state index contributed by atoms with van der Waals surface area (Å²) in [6.45, 7) is 1.33. The minimum atomic E-state index is -3.97. The Hall–Kier alpha value is -2.20. The van der Waals surface area contributed by atoms with Gasteiger partial charge >= 0.3 is 16.2 Å². The molecule has 0 aliphatic carbocycles. The van der Waals surface area contributed by atoms with E-state index in [-0.39, 0.29) is 24.3 Å². The summed E-state index contributed by atoms with van der Waals surface area (Å²) in [6.07, 6.45) is -0.342. The number of hydrogen-bond donors (Lipinski definition) is 2. The van der Waals surface area contributed by atoms with E-state index >= 15 is 0 Å². The SMILES string of the molecule is Cc1ccc(NS(=O)(=O)N(C)CCC(=O)O)cc1[N+](=O)[O-]. The third kappa shape index (κ3) is 4.68. The second kappa shape index (κ2) is 6.50. The van der Waals surface area contributed by atoms with Crippen molar-refractivity contribution in [2.45, 2.75) is 13.3 Å². The minimum absolute atomic E-state index is 0.0366. The fraction of sp³-hybridized carbons (Fsp3) is 0.364. The minimum Gasteiger partial charge on any atom is -0.481 e. The molecule has 21 heavy (non-hydrogen) atoms. The number of anilines is 1. The smallest absolute Gasteiger partial charge is 0.304 e. The van der Waals surface area contributed by atoms with Crippen LogP contribution in [0.2, 0.25) is 0 Å². The Labute approximate surface area is 121 Å². The predicted molar refractivity (Wildman–Crippen MR) is 75.3 cm³/mol. The second-order valence-electron chi connectivity index (χ2n) is 4.33. The molecule has 0 amide bonds. The normalized spacial score (nSPS) is 11.4. The molecule has 0 saturated carbocycles. The highest BCUT2D eigenvalue weighted by Gasteiger charge is 2.20. The molecule has 0 radical (unpaired) electrons. The number of nitrogens with zero attached hydrogens (tertiary/aromatic N) is 2. The number of carboxylic acids is 1. The Morgan fingerprint density at radius 3 is 2.62 bits per heavy atom. The number of aliphatic carboxylic acids is 1. The Balaban J connectivity index is 2.91. The van der Waals surface area contributed by atoms with Crippen LogP contribution >= 0.6 is 0 Å². The number of nitro groups is 1. The van der Waals surface area contributed by atoms with Crippen molar-refractivity contribution in [2.75, 3.05) is 18.3 Å². The number of carbonyl (C=O) groups is 1. The molecule has 9 nitrogen and oxygen atoms in total. The lowest BCUT2D eigenvalue weighted by atomic mass is 10.2. The molecule has 1 aromatic rings. The number of benzene rings is 1. The largest absolute Gasteiger partial charge is 0.481 e. The van der Waals surface area contributed by atoms with Crippen molar-refractivity contribution in [1.82, 2.24) is 4.31 Å². The predicted octanol–water partition coefficient (Wildman–Crippen LogP) is 0.966. The summed E-state index contributed by atoms with van der Waals surface area (Å²) in [5.74, 6) is -1.12. The van der Waals surface area contributed by atoms with Gasteiger partial charge in [0.05, 0.1) is 17.0 Å². The molecule has 116 valence electrons. The van der Waals surface area contributed by atoms with Gasteiger partial charge in [0.15, 0.2) is 0 Å². The van der Waals surface area contributed by atoms with Gasteiger partial charge in [-0.3, -0.25) is 19.6 Å². The number of rotatable bonds is 7. The van der Waals surface area contributed by atoms with E-state index in [1.807, 2.05) is 0 Å². The van der Waals surface area contributed by atoms with Gasteiger partial charge in [0.2, 0.25) is 0 Å². The van der Waals surface area contributed by atoms with Gasteiger partial charge in [-0.2, -0.15) is 12.7 Å². The van der Waals surface area contributed by atoms with Gasteiger partial charge in [-0.1, -0.05) is 6.07 Å². The first kappa shape index (κ1) is 16.9. The zero-order chi connectivity index (χ0) is 16.2. The van der Waals surface area contributed by atoms with Crippen LogP contribution in [0, 0.1) is 17.0 Å². The molecule has 1 aromatic carbocycles. The van der Waals surface area contributed by atoms with Crippen LogP contribution in [0.3, 0.4) is 0 Å². The molecule has 0 aliphatic heterocycles. The summed E-state index contributed by atoms with van der Waals surface area (Å²) in [5, 5.41) is 19.3. The molecule has 0 spiro atoms. The van der Waals surface area contributed by atoms with E-state index in [1.165, 1.54) is 26.1 Å². The monoisotopic (exact) mass is 317 g/mol. The zero-order valence-corrected chi connectivity index (χ0v) is 12.3. The molecule has 0 atom stereocenters. The number of hydrogen-bond acceptors (Lipinski definition) is 5. The number of carboxylic acid groups (broad SMARTS) is 1. The van der Waals surface area contributed by atoms with E-state index in [0.29, 0.717) is 5.56 Å². The molecule has 10 heteroatoms. The Morgan fingerprint density at radius 2 is 2.10 bits per heavy atom. The first-order valence-corrected chi connectivity index (χ1v) is 7.28. The van der Waals surface area contributed by atoms with Crippen molar-refractivity contribution >= 4 is 27.6 Å². The molecule has 0 saturated heterocycles. The topological polar surface area (TPSA) is 130 Å². The van der Waals surface area contributed by atoms with Crippen molar-refractivity contribution in [3.8, 4) is 0 Å². The highest BCUT2D eigenvalue weighted by atomic mass is 32.2. The summed E-state index contributed by atoms with van der Waals surface area (Å²) in [7, 11) is -2.75. The summed E-state index contributed by atoms with van der Waals surface area (Å²) in [6, 6.07) is 3.93. The lowest BCUT2D eigenvalue weighted by Crippen LogP contribution is -2.34. The van der Waals surface area contributed by atoms with Gasteiger partial charge in [0.25, 0.3) is 5.69 Å². The van der Waals surface area contributed by atoms with Gasteiger partial charge < -0.3 is 5.11 Å². The molecule has 0 bridgehead atoms. The molecule has 0 unspecified atom stereocenters. The lowest BCUT2D eigenvalue weighted by Gasteiger charge is -2.17. The molecule has 0 aliphatic rings. The van der Waals surface area contributed by atoms with Crippen LogP contribution in [-0.2, 0) is 15.0 Å². The van der Waals surface area contributed by atoms with Crippen molar-refractivity contribution in [2.24, 2.45) is 0 Å². The van der Waals surface area contributed by atoms with E-state index < -0.39 is 21.1 Å². The molecule has 0 heterocycles. The molecular weight excluding hydrogens is 302 g/mol. The van der Waals surface area contributed by atoms with E-state index in [0.717, 1.165) is 10.4 Å². The van der Waals surface area contributed by atoms with Crippen molar-refractivity contribution < 1.29 is 23.2 Å². The van der Waals surface area contributed by atoms with Crippen molar-refractivity contribution in [1.29, 1.82) is 0 Å². The number of nitro benzene ring substituents is 1. The number of nitrogens with one attached hydrogen (secondary N) is 1. The average molecular weight is 317 g/mol. The summed E-state index contributed by atoms with van der Waals surface area (Å²) in [5.41, 5.74) is 0.236. The van der Waals surface area contributed by atoms with Gasteiger partial charge in [-0.15, -0.1) is 0 Å². The van der Waals surface area contributed by atoms with Crippen molar-refractivity contribution in [3.05, 3.63) is 33.9 Å². The summed E-state index contributed by atoms with van der Waals surface area (Å²) < 4.78 is 26.9. The van der Waals surface area contributed by atoms with Gasteiger partial charge in [0.1, 0.15) is 0 Å². The standard InChI is InChI=1S/C11H15N3O6S/c1-8-3-4-9(7-10(8)14(17)18)12-21(19,20)13(2)6-5-11(15)16/h3-4,7,12H,5-6H2,1-2H3,(H,15,16). The van der Waals surface area contributed by atoms with Gasteiger partial charge in [-0.05, 0) is 13.0 Å². The quantitative estimate of drug-likeness (QED) is 0.569.